The summed E-state index contributed by atoms with van der Waals surface area (Å²) in [4.78, 5) is 23.2. The number of benzene rings is 1. The number of ether oxygens (including phenoxy) is 1. The average Bonchev–Trinajstić information content (AvgIpc) is 2.72. The summed E-state index contributed by atoms with van der Waals surface area (Å²) in [6, 6.07) is 9.81. The highest BCUT2D eigenvalue weighted by Gasteiger charge is 2.25. The third-order valence-electron chi connectivity index (χ3n) is 4.22. The molecule has 158 valence electrons. The van der Waals surface area contributed by atoms with Crippen molar-refractivity contribution >= 4 is 23.9 Å². The highest BCUT2D eigenvalue weighted by Crippen LogP contribution is 2.28. The van der Waals surface area contributed by atoms with Crippen molar-refractivity contribution in [2.45, 2.75) is 33.7 Å². The Kier molecular flexibility index (Phi) is 7.76. The lowest BCUT2D eigenvalue weighted by Gasteiger charge is -2.26. The van der Waals surface area contributed by atoms with Gasteiger partial charge in [0.15, 0.2) is 0 Å². The Morgan fingerprint density at radius 3 is 2.60 bits per heavy atom. The molecule has 1 heterocycles. The summed E-state index contributed by atoms with van der Waals surface area (Å²) in [6.45, 7) is 6.37. The van der Waals surface area contributed by atoms with Gasteiger partial charge in [-0.15, -0.1) is 12.3 Å². The van der Waals surface area contributed by atoms with Crippen molar-refractivity contribution in [3.63, 3.8) is 0 Å². The van der Waals surface area contributed by atoms with Crippen LogP contribution in [0.15, 0.2) is 35.5 Å². The molecule has 0 aliphatic heterocycles. The zero-order valence-corrected chi connectivity index (χ0v) is 17.7. The third kappa shape index (κ3) is 5.95. The van der Waals surface area contributed by atoms with Crippen LogP contribution in [-0.4, -0.2) is 41.0 Å². The number of nitrogens with zero attached hydrogens (tertiary/aromatic N) is 4. The first-order valence-electron chi connectivity index (χ1n) is 9.47. The predicted octanol–water partition coefficient (Wildman–Crippen LogP) is 3.31. The Balaban J connectivity index is 2.56. The van der Waals surface area contributed by atoms with Crippen molar-refractivity contribution in [1.82, 2.24) is 9.97 Å². The molecule has 30 heavy (non-hydrogen) atoms. The Hall–Kier alpha value is -3.60. The number of rotatable bonds is 8. The largest absolute Gasteiger partial charge is 0.480 e. The van der Waals surface area contributed by atoms with Gasteiger partial charge in [-0.3, -0.25) is 10.1 Å². The second-order valence-electron chi connectivity index (χ2n) is 7.60. The molecule has 0 aliphatic rings. The number of terminal acetylenes is 1. The van der Waals surface area contributed by atoms with Crippen molar-refractivity contribution < 1.29 is 14.7 Å². The quantitative estimate of drug-likeness (QED) is 0.300. The number of amides is 1. The van der Waals surface area contributed by atoms with Gasteiger partial charge in [-0.2, -0.15) is 9.97 Å². The zero-order valence-electron chi connectivity index (χ0n) is 17.7. The standard InChI is InChI=1S/C22H27N5O3/c1-6-7-13-27(15-16-11-9-8-10-12-16)18-17(14-23-29)19(30-5)25-21(24-18)26-20(28)22(2,3)4/h1,8-12,14,29H,7,13,15H2,2-5H3,(H,24,25,26,28)/b23-14+. The van der Waals surface area contributed by atoms with Crippen molar-refractivity contribution in [1.29, 1.82) is 0 Å². The van der Waals surface area contributed by atoms with E-state index in [9.17, 15) is 10.0 Å². The van der Waals surface area contributed by atoms with E-state index in [-0.39, 0.29) is 17.7 Å². The van der Waals surface area contributed by atoms with Crippen molar-refractivity contribution in [3.05, 3.63) is 41.5 Å². The van der Waals surface area contributed by atoms with Crippen molar-refractivity contribution in [2.75, 3.05) is 23.9 Å². The second-order valence-corrected chi connectivity index (χ2v) is 7.60. The van der Waals surface area contributed by atoms with Crippen LogP contribution in [0.1, 0.15) is 38.3 Å². The molecule has 0 bridgehead atoms. The molecule has 8 nitrogen and oxygen atoms in total. The number of oxime groups is 1. The molecule has 2 aromatic rings. The summed E-state index contributed by atoms with van der Waals surface area (Å²) in [5.74, 6) is 3.09. The highest BCUT2D eigenvalue weighted by molar-refractivity contribution is 5.94. The van der Waals surface area contributed by atoms with Gasteiger partial charge < -0.3 is 14.8 Å². The van der Waals surface area contributed by atoms with Crippen molar-refractivity contribution in [2.24, 2.45) is 10.6 Å². The molecule has 0 unspecified atom stereocenters. The van der Waals surface area contributed by atoms with E-state index in [1.165, 1.54) is 13.3 Å². The molecular weight excluding hydrogens is 382 g/mol. The minimum Gasteiger partial charge on any atom is -0.480 e. The molecule has 0 fully saturated rings. The van der Waals surface area contributed by atoms with Gasteiger partial charge in [0.25, 0.3) is 0 Å². The van der Waals surface area contributed by atoms with E-state index in [1.54, 1.807) is 20.8 Å². The molecule has 8 heteroatoms. The summed E-state index contributed by atoms with van der Waals surface area (Å²) < 4.78 is 5.38. The minimum atomic E-state index is -0.630. The Morgan fingerprint density at radius 2 is 2.03 bits per heavy atom. The van der Waals surface area contributed by atoms with E-state index in [1.807, 2.05) is 35.2 Å². The monoisotopic (exact) mass is 409 g/mol. The van der Waals surface area contributed by atoms with Crippen LogP contribution in [0.4, 0.5) is 11.8 Å². The van der Waals surface area contributed by atoms with Crippen LogP contribution in [0.2, 0.25) is 0 Å². The van der Waals surface area contributed by atoms with E-state index < -0.39 is 5.41 Å². The second kappa shape index (κ2) is 10.3. The van der Waals surface area contributed by atoms with Gasteiger partial charge in [0.05, 0.1) is 13.3 Å². The third-order valence-corrected chi connectivity index (χ3v) is 4.22. The maximum Gasteiger partial charge on any atom is 0.234 e. The minimum absolute atomic E-state index is 0.0932. The Bertz CT molecular complexity index is 930. The van der Waals surface area contributed by atoms with E-state index in [0.717, 1.165) is 5.56 Å². The molecule has 0 atom stereocenters. The number of hydrogen-bond donors (Lipinski definition) is 2. The summed E-state index contributed by atoms with van der Waals surface area (Å²) in [7, 11) is 1.44. The van der Waals surface area contributed by atoms with E-state index in [4.69, 9.17) is 11.2 Å². The van der Waals surface area contributed by atoms with E-state index >= 15 is 0 Å². The number of anilines is 2. The fraction of sp³-hybridized carbons (Fsp3) is 0.364. The lowest BCUT2D eigenvalue weighted by Crippen LogP contribution is -2.30. The molecule has 0 saturated heterocycles. The first-order chi connectivity index (χ1) is 14.3. The Morgan fingerprint density at radius 1 is 1.33 bits per heavy atom. The normalized spacial score (nSPS) is 11.2. The van der Waals surface area contributed by atoms with Crippen LogP contribution < -0.4 is 15.0 Å². The summed E-state index contributed by atoms with van der Waals surface area (Å²) >= 11 is 0. The average molecular weight is 409 g/mol. The molecule has 1 aromatic carbocycles. The molecule has 1 aromatic heterocycles. The SMILES string of the molecule is C#CCCN(Cc1ccccc1)c1nc(NC(=O)C(C)(C)C)nc(OC)c1/C=N/O. The van der Waals surface area contributed by atoms with Crippen LogP contribution in [0.5, 0.6) is 5.88 Å². The maximum atomic E-state index is 12.5. The first-order valence-corrected chi connectivity index (χ1v) is 9.47. The summed E-state index contributed by atoms with van der Waals surface area (Å²) in [5.41, 5.74) is 0.788. The lowest BCUT2D eigenvalue weighted by atomic mass is 9.96. The number of carbonyl (C=O) groups excluding carboxylic acids is 1. The van der Waals surface area contributed by atoms with Crippen molar-refractivity contribution in [3.8, 4) is 18.2 Å². The number of aromatic nitrogens is 2. The topological polar surface area (TPSA) is 99.9 Å². The fourth-order valence-electron chi connectivity index (χ4n) is 2.61. The molecule has 0 aliphatic carbocycles. The van der Waals surface area contributed by atoms with Crippen LogP contribution in [-0.2, 0) is 11.3 Å². The predicted molar refractivity (Wildman–Crippen MR) is 117 cm³/mol. The fourth-order valence-corrected chi connectivity index (χ4v) is 2.61. The molecule has 0 spiro atoms. The van der Waals surface area contributed by atoms with Gasteiger partial charge in [-0.05, 0) is 5.56 Å². The van der Waals surface area contributed by atoms with Gasteiger partial charge >= 0.3 is 0 Å². The van der Waals surface area contributed by atoms with Crippen LogP contribution in [0.25, 0.3) is 0 Å². The number of carbonyl (C=O) groups is 1. The zero-order chi connectivity index (χ0) is 22.1. The number of nitrogens with one attached hydrogen (secondary N) is 1. The smallest absolute Gasteiger partial charge is 0.234 e. The molecular formula is C22H27N5O3. The number of hydrogen-bond acceptors (Lipinski definition) is 7. The van der Waals surface area contributed by atoms with Gasteiger partial charge in [-0.1, -0.05) is 56.3 Å². The van der Waals surface area contributed by atoms with Crippen LogP contribution in [0, 0.1) is 17.8 Å². The highest BCUT2D eigenvalue weighted by atomic mass is 16.5. The molecule has 2 N–H and O–H groups in total. The van der Waals surface area contributed by atoms with Crippen LogP contribution in [0.3, 0.4) is 0 Å². The summed E-state index contributed by atoms with van der Waals surface area (Å²) in [5, 5.41) is 15.0. The maximum absolute atomic E-state index is 12.5. The molecule has 1 amide bonds. The van der Waals surface area contributed by atoms with E-state index in [0.29, 0.717) is 30.9 Å². The number of methoxy groups -OCH3 is 1. The van der Waals surface area contributed by atoms with Gasteiger partial charge in [0.2, 0.25) is 17.7 Å². The first kappa shape index (κ1) is 22.7. The van der Waals surface area contributed by atoms with Gasteiger partial charge in [0.1, 0.15) is 11.4 Å². The van der Waals surface area contributed by atoms with Gasteiger partial charge in [0, 0.05) is 24.9 Å². The lowest BCUT2D eigenvalue weighted by molar-refractivity contribution is -0.123. The van der Waals surface area contributed by atoms with Gasteiger partial charge in [-0.25, -0.2) is 0 Å². The Labute approximate surface area is 177 Å². The molecule has 0 radical (unpaired) electrons. The van der Waals surface area contributed by atoms with E-state index in [2.05, 4.69) is 26.4 Å². The molecule has 2 rings (SSSR count). The molecule has 0 saturated carbocycles. The summed E-state index contributed by atoms with van der Waals surface area (Å²) in [6.07, 6.45) is 7.16. The van der Waals surface area contributed by atoms with Crippen LogP contribution >= 0.6 is 0 Å².